The Kier molecular flexibility index (Phi) is 5.19. The lowest BCUT2D eigenvalue weighted by Gasteiger charge is -2.52. The zero-order chi connectivity index (χ0) is 20.9. The standard InChI is InChI=1S/C21H28F3NO3/c1-13-10-14(8-9-17(13)21(22,23)24)20(27)11-15-6-5-7-16(12-20)25(15)18(26)28-19(2,3)4/h8-10,15-16,27H,5-7,11-12H2,1-4H3. The first-order chi connectivity index (χ1) is 12.8. The lowest BCUT2D eigenvalue weighted by atomic mass is 9.72. The van der Waals surface area contributed by atoms with E-state index in [0.717, 1.165) is 25.3 Å². The number of hydrogen-bond acceptors (Lipinski definition) is 3. The molecule has 7 heteroatoms. The Morgan fingerprint density at radius 2 is 1.75 bits per heavy atom. The minimum Gasteiger partial charge on any atom is -0.444 e. The quantitative estimate of drug-likeness (QED) is 0.710. The number of benzene rings is 1. The number of rotatable bonds is 1. The van der Waals surface area contributed by atoms with Crippen LogP contribution in [0.1, 0.15) is 69.6 Å². The fraction of sp³-hybridized carbons (Fsp3) is 0.667. The Bertz CT molecular complexity index is 740. The van der Waals surface area contributed by atoms with Crippen LogP contribution in [0.4, 0.5) is 18.0 Å². The van der Waals surface area contributed by atoms with Crippen LogP contribution in [0.25, 0.3) is 0 Å². The van der Waals surface area contributed by atoms with Gasteiger partial charge in [0.05, 0.1) is 11.2 Å². The number of halogens is 3. The van der Waals surface area contributed by atoms with Gasteiger partial charge in [0.1, 0.15) is 5.60 Å². The van der Waals surface area contributed by atoms with Gasteiger partial charge in [0, 0.05) is 24.9 Å². The van der Waals surface area contributed by atoms with Crippen molar-refractivity contribution in [3.63, 3.8) is 0 Å². The summed E-state index contributed by atoms with van der Waals surface area (Å²) in [6.07, 6.45) is -1.75. The van der Waals surface area contributed by atoms with Crippen LogP contribution in [-0.4, -0.2) is 33.8 Å². The molecule has 1 N–H and O–H groups in total. The summed E-state index contributed by atoms with van der Waals surface area (Å²) >= 11 is 0. The maximum atomic E-state index is 13.1. The molecule has 2 aliphatic heterocycles. The van der Waals surface area contributed by atoms with Crippen molar-refractivity contribution in [2.45, 2.75) is 89.3 Å². The number of amides is 1. The van der Waals surface area contributed by atoms with E-state index >= 15 is 0 Å². The SMILES string of the molecule is Cc1cc(C2(O)CC3CCCC(C2)N3C(=O)OC(C)(C)C)ccc1C(F)(F)F. The van der Waals surface area contributed by atoms with Gasteiger partial charge in [-0.15, -0.1) is 0 Å². The lowest BCUT2D eigenvalue weighted by molar-refractivity contribution is -0.138. The number of ether oxygens (including phenoxy) is 1. The van der Waals surface area contributed by atoms with Gasteiger partial charge >= 0.3 is 12.3 Å². The molecule has 2 heterocycles. The van der Waals surface area contributed by atoms with Gasteiger partial charge in [-0.2, -0.15) is 13.2 Å². The molecule has 0 aliphatic carbocycles. The zero-order valence-electron chi connectivity index (χ0n) is 16.8. The fourth-order valence-electron chi connectivity index (χ4n) is 4.55. The molecule has 0 radical (unpaired) electrons. The van der Waals surface area contributed by atoms with Crippen LogP contribution in [0.2, 0.25) is 0 Å². The average Bonchev–Trinajstić information content (AvgIpc) is 2.50. The maximum Gasteiger partial charge on any atom is 0.416 e. The van der Waals surface area contributed by atoms with Crippen LogP contribution >= 0.6 is 0 Å². The number of aryl methyl sites for hydroxylation is 1. The third-order valence-corrected chi connectivity index (χ3v) is 5.68. The van der Waals surface area contributed by atoms with E-state index in [1.807, 2.05) is 20.8 Å². The van der Waals surface area contributed by atoms with E-state index < -0.39 is 22.9 Å². The van der Waals surface area contributed by atoms with E-state index in [9.17, 15) is 23.1 Å². The van der Waals surface area contributed by atoms with Gasteiger partial charge in [0.15, 0.2) is 0 Å². The number of hydrogen-bond donors (Lipinski definition) is 1. The number of carbonyl (C=O) groups excluding carboxylic acids is 1. The normalized spacial score (nSPS) is 28.2. The summed E-state index contributed by atoms with van der Waals surface area (Å²) in [4.78, 5) is 14.4. The second-order valence-electron chi connectivity index (χ2n) is 9.09. The molecule has 4 nitrogen and oxygen atoms in total. The Labute approximate surface area is 163 Å². The molecule has 1 aromatic rings. The second-order valence-corrected chi connectivity index (χ2v) is 9.09. The molecule has 156 valence electrons. The van der Waals surface area contributed by atoms with E-state index in [1.165, 1.54) is 19.1 Å². The topological polar surface area (TPSA) is 49.8 Å². The van der Waals surface area contributed by atoms with Crippen molar-refractivity contribution in [1.29, 1.82) is 0 Å². The number of alkyl halides is 3. The van der Waals surface area contributed by atoms with Crippen molar-refractivity contribution in [1.82, 2.24) is 4.90 Å². The fourth-order valence-corrected chi connectivity index (χ4v) is 4.55. The summed E-state index contributed by atoms with van der Waals surface area (Å²) in [6, 6.07) is 3.47. The van der Waals surface area contributed by atoms with Crippen LogP contribution in [-0.2, 0) is 16.5 Å². The van der Waals surface area contributed by atoms with Crippen molar-refractivity contribution in [3.05, 3.63) is 34.9 Å². The highest BCUT2D eigenvalue weighted by molar-refractivity contribution is 5.69. The molecule has 2 atom stereocenters. The van der Waals surface area contributed by atoms with Gasteiger partial charge < -0.3 is 14.7 Å². The summed E-state index contributed by atoms with van der Waals surface area (Å²) < 4.78 is 44.7. The van der Waals surface area contributed by atoms with Gasteiger partial charge in [0.25, 0.3) is 0 Å². The number of carbonyl (C=O) groups is 1. The largest absolute Gasteiger partial charge is 0.444 e. The van der Waals surface area contributed by atoms with Gasteiger partial charge in [-0.05, 0) is 64.2 Å². The second kappa shape index (κ2) is 6.94. The summed E-state index contributed by atoms with van der Waals surface area (Å²) in [5, 5.41) is 11.3. The van der Waals surface area contributed by atoms with Crippen LogP contribution in [0, 0.1) is 6.92 Å². The van der Waals surface area contributed by atoms with E-state index in [0.29, 0.717) is 18.4 Å². The summed E-state index contributed by atoms with van der Waals surface area (Å²) in [5.74, 6) is 0. The van der Waals surface area contributed by atoms with Crippen molar-refractivity contribution in [2.75, 3.05) is 0 Å². The molecule has 1 aromatic carbocycles. The van der Waals surface area contributed by atoms with Crippen molar-refractivity contribution in [3.8, 4) is 0 Å². The molecule has 2 fully saturated rings. The molecule has 3 rings (SSSR count). The Hall–Kier alpha value is -1.76. The molecule has 28 heavy (non-hydrogen) atoms. The van der Waals surface area contributed by atoms with Gasteiger partial charge in [-0.25, -0.2) is 4.79 Å². The van der Waals surface area contributed by atoms with E-state index in [2.05, 4.69) is 0 Å². The van der Waals surface area contributed by atoms with Crippen LogP contribution < -0.4 is 0 Å². The van der Waals surface area contributed by atoms with Crippen molar-refractivity contribution < 1.29 is 27.8 Å². The van der Waals surface area contributed by atoms with Crippen molar-refractivity contribution >= 4 is 6.09 Å². The number of piperidine rings is 2. The van der Waals surface area contributed by atoms with E-state index in [4.69, 9.17) is 4.74 Å². The number of nitrogens with zero attached hydrogens (tertiary/aromatic N) is 1. The molecule has 0 spiro atoms. The highest BCUT2D eigenvalue weighted by Crippen LogP contribution is 2.45. The Morgan fingerprint density at radius 1 is 1.18 bits per heavy atom. The van der Waals surface area contributed by atoms with Gasteiger partial charge in [-0.1, -0.05) is 12.1 Å². The van der Waals surface area contributed by atoms with Gasteiger partial charge in [-0.3, -0.25) is 0 Å². The Balaban J connectivity index is 1.86. The van der Waals surface area contributed by atoms with Crippen LogP contribution in [0.5, 0.6) is 0 Å². The first kappa shape index (κ1) is 21.0. The molecular weight excluding hydrogens is 371 g/mol. The summed E-state index contributed by atoms with van der Waals surface area (Å²) in [6.45, 7) is 6.84. The first-order valence-corrected chi connectivity index (χ1v) is 9.72. The number of aliphatic hydroxyl groups is 1. The van der Waals surface area contributed by atoms with Gasteiger partial charge in [0.2, 0.25) is 0 Å². The monoisotopic (exact) mass is 399 g/mol. The zero-order valence-corrected chi connectivity index (χ0v) is 16.8. The molecule has 2 bridgehead atoms. The highest BCUT2D eigenvalue weighted by Gasteiger charge is 2.49. The maximum absolute atomic E-state index is 13.1. The minimum atomic E-state index is -4.41. The number of fused-ring (bicyclic) bond motifs is 2. The Morgan fingerprint density at radius 3 is 2.21 bits per heavy atom. The van der Waals surface area contributed by atoms with E-state index in [-0.39, 0.29) is 23.7 Å². The van der Waals surface area contributed by atoms with Crippen LogP contribution in [0.3, 0.4) is 0 Å². The minimum absolute atomic E-state index is 0.0955. The third kappa shape index (κ3) is 4.14. The summed E-state index contributed by atoms with van der Waals surface area (Å²) in [7, 11) is 0. The molecule has 2 saturated heterocycles. The lowest BCUT2D eigenvalue weighted by Crippen LogP contribution is -2.59. The highest BCUT2D eigenvalue weighted by atomic mass is 19.4. The molecule has 2 unspecified atom stereocenters. The predicted octanol–water partition coefficient (Wildman–Crippen LogP) is 5.15. The molecular formula is C21H28F3NO3. The summed E-state index contributed by atoms with van der Waals surface area (Å²) in [5.41, 5.74) is -1.96. The molecule has 2 aliphatic rings. The van der Waals surface area contributed by atoms with Crippen LogP contribution in [0.15, 0.2) is 18.2 Å². The first-order valence-electron chi connectivity index (χ1n) is 9.72. The average molecular weight is 399 g/mol. The van der Waals surface area contributed by atoms with Crippen molar-refractivity contribution in [2.24, 2.45) is 0 Å². The molecule has 0 aromatic heterocycles. The molecule has 0 saturated carbocycles. The third-order valence-electron chi connectivity index (χ3n) is 5.68. The molecule has 1 amide bonds. The van der Waals surface area contributed by atoms with E-state index in [1.54, 1.807) is 4.90 Å². The predicted molar refractivity (Wildman–Crippen MR) is 98.8 cm³/mol. The smallest absolute Gasteiger partial charge is 0.416 e.